The maximum absolute atomic E-state index is 12.6. The van der Waals surface area contributed by atoms with Crippen LogP contribution in [0.1, 0.15) is 46.0 Å². The second-order valence-corrected chi connectivity index (χ2v) is 6.37. The average Bonchev–Trinajstić information content (AvgIpc) is 3.23. The summed E-state index contributed by atoms with van der Waals surface area (Å²) in [6.07, 6.45) is 4.88. The lowest BCUT2D eigenvalue weighted by atomic mass is 9.76. The second kappa shape index (κ2) is 5.12. The monoisotopic (exact) mass is 274 g/mol. The van der Waals surface area contributed by atoms with Crippen molar-refractivity contribution >= 4 is 11.9 Å². The minimum atomic E-state index is -0.101. The lowest BCUT2D eigenvalue weighted by Crippen LogP contribution is -2.63. The van der Waals surface area contributed by atoms with Crippen molar-refractivity contribution in [2.75, 3.05) is 6.54 Å². The van der Waals surface area contributed by atoms with Crippen LogP contribution in [0.5, 0.6) is 0 Å². The van der Waals surface area contributed by atoms with Crippen molar-refractivity contribution in [3.8, 4) is 11.8 Å². The Bertz CT molecular complexity index is 486. The van der Waals surface area contributed by atoms with Crippen molar-refractivity contribution < 1.29 is 9.59 Å². The van der Waals surface area contributed by atoms with Crippen LogP contribution in [0.2, 0.25) is 0 Å². The highest BCUT2D eigenvalue weighted by molar-refractivity contribution is 5.99. The highest BCUT2D eigenvalue weighted by Gasteiger charge is 2.51. The first-order valence-electron chi connectivity index (χ1n) is 7.66. The van der Waals surface area contributed by atoms with E-state index >= 15 is 0 Å². The second-order valence-electron chi connectivity index (χ2n) is 6.37. The summed E-state index contributed by atoms with van der Waals surface area (Å²) in [5.41, 5.74) is 0. The fraction of sp³-hybridized carbons (Fsp3) is 0.750. The number of hydrogen-bond donors (Lipinski definition) is 0. The molecule has 3 fully saturated rings. The summed E-state index contributed by atoms with van der Waals surface area (Å²) >= 11 is 0. The van der Waals surface area contributed by atoms with Gasteiger partial charge in [-0.1, -0.05) is 12.8 Å². The molecule has 4 heteroatoms. The minimum absolute atomic E-state index is 0.00292. The number of amides is 3. The SMILES string of the molecule is CC#CCN1C(=O)N(C2CC2)C(=O)C2CCC(C)CC21. The Morgan fingerprint density at radius 1 is 1.20 bits per heavy atom. The molecule has 1 aliphatic heterocycles. The first-order chi connectivity index (χ1) is 9.63. The van der Waals surface area contributed by atoms with Gasteiger partial charge in [0, 0.05) is 12.1 Å². The van der Waals surface area contributed by atoms with Gasteiger partial charge in [-0.05, 0) is 44.9 Å². The summed E-state index contributed by atoms with van der Waals surface area (Å²) in [5, 5.41) is 0. The Balaban J connectivity index is 1.89. The van der Waals surface area contributed by atoms with Crippen LogP contribution in [-0.2, 0) is 4.79 Å². The molecule has 0 N–H and O–H groups in total. The van der Waals surface area contributed by atoms with Crippen LogP contribution in [0.4, 0.5) is 4.79 Å². The summed E-state index contributed by atoms with van der Waals surface area (Å²) in [4.78, 5) is 28.7. The van der Waals surface area contributed by atoms with Gasteiger partial charge < -0.3 is 4.90 Å². The lowest BCUT2D eigenvalue weighted by molar-refractivity contribution is -0.141. The summed E-state index contributed by atoms with van der Waals surface area (Å²) in [6.45, 7) is 4.46. The first kappa shape index (κ1) is 13.5. The maximum atomic E-state index is 12.6. The number of fused-ring (bicyclic) bond motifs is 1. The smallest absolute Gasteiger partial charge is 0.309 e. The predicted molar refractivity (Wildman–Crippen MR) is 75.7 cm³/mol. The highest BCUT2D eigenvalue weighted by Crippen LogP contribution is 2.40. The first-order valence-corrected chi connectivity index (χ1v) is 7.66. The number of rotatable bonds is 2. The van der Waals surface area contributed by atoms with E-state index in [2.05, 4.69) is 18.8 Å². The highest BCUT2D eigenvalue weighted by atomic mass is 16.2. The molecule has 1 saturated heterocycles. The van der Waals surface area contributed by atoms with Gasteiger partial charge in [0.25, 0.3) is 0 Å². The minimum Gasteiger partial charge on any atom is -0.309 e. The Hall–Kier alpha value is -1.50. The molecule has 0 aromatic carbocycles. The largest absolute Gasteiger partial charge is 0.328 e. The Morgan fingerprint density at radius 2 is 1.95 bits per heavy atom. The van der Waals surface area contributed by atoms with Crippen LogP contribution in [0.3, 0.4) is 0 Å². The van der Waals surface area contributed by atoms with Gasteiger partial charge in [0.1, 0.15) is 0 Å². The number of carbonyl (C=O) groups is 2. The number of imide groups is 1. The zero-order chi connectivity index (χ0) is 14.3. The van der Waals surface area contributed by atoms with Crippen LogP contribution in [0, 0.1) is 23.7 Å². The van der Waals surface area contributed by atoms with Gasteiger partial charge in [-0.25, -0.2) is 4.79 Å². The molecular formula is C16H22N2O2. The molecule has 0 spiro atoms. The molecule has 0 aromatic rings. The normalized spacial score (nSPS) is 33.6. The Kier molecular flexibility index (Phi) is 3.45. The van der Waals surface area contributed by atoms with Crippen LogP contribution < -0.4 is 0 Å². The molecule has 1 heterocycles. The van der Waals surface area contributed by atoms with Crippen molar-refractivity contribution in [3.63, 3.8) is 0 Å². The van der Waals surface area contributed by atoms with E-state index in [-0.39, 0.29) is 29.9 Å². The molecule has 3 amide bonds. The van der Waals surface area contributed by atoms with Gasteiger partial charge >= 0.3 is 6.03 Å². The molecule has 0 radical (unpaired) electrons. The molecule has 3 unspecified atom stereocenters. The number of nitrogens with zero attached hydrogens (tertiary/aromatic N) is 2. The number of urea groups is 1. The van der Waals surface area contributed by atoms with Crippen molar-refractivity contribution in [1.29, 1.82) is 0 Å². The van der Waals surface area contributed by atoms with Gasteiger partial charge in [0.2, 0.25) is 5.91 Å². The topological polar surface area (TPSA) is 40.6 Å². The summed E-state index contributed by atoms with van der Waals surface area (Å²) in [5.74, 6) is 6.54. The van der Waals surface area contributed by atoms with Crippen LogP contribution in [-0.4, -0.2) is 40.4 Å². The quantitative estimate of drug-likeness (QED) is 0.725. The molecule has 3 atom stereocenters. The molecule has 3 rings (SSSR count). The zero-order valence-electron chi connectivity index (χ0n) is 12.3. The molecule has 20 heavy (non-hydrogen) atoms. The Morgan fingerprint density at radius 3 is 2.60 bits per heavy atom. The number of carbonyl (C=O) groups excluding carboxylic acids is 2. The van der Waals surface area contributed by atoms with Gasteiger partial charge in [-0.15, -0.1) is 5.92 Å². The third-order valence-corrected chi connectivity index (χ3v) is 4.82. The third kappa shape index (κ3) is 2.19. The summed E-state index contributed by atoms with van der Waals surface area (Å²) < 4.78 is 0. The van der Waals surface area contributed by atoms with E-state index < -0.39 is 0 Å². The van der Waals surface area contributed by atoms with Gasteiger partial charge in [-0.2, -0.15) is 0 Å². The van der Waals surface area contributed by atoms with E-state index in [1.54, 1.807) is 6.92 Å². The van der Waals surface area contributed by atoms with E-state index in [0.29, 0.717) is 12.5 Å². The van der Waals surface area contributed by atoms with Crippen LogP contribution in [0.25, 0.3) is 0 Å². The van der Waals surface area contributed by atoms with Gasteiger partial charge in [0.15, 0.2) is 0 Å². The molecule has 3 aliphatic rings. The van der Waals surface area contributed by atoms with E-state index in [9.17, 15) is 9.59 Å². The van der Waals surface area contributed by atoms with Gasteiger partial charge in [0.05, 0.1) is 12.5 Å². The molecule has 0 bridgehead atoms. The van der Waals surface area contributed by atoms with E-state index in [4.69, 9.17) is 0 Å². The van der Waals surface area contributed by atoms with Crippen LogP contribution >= 0.6 is 0 Å². The standard InChI is InChI=1S/C16H22N2O2/c1-3-4-9-17-14-10-11(2)5-8-13(14)15(19)18(16(17)20)12-6-7-12/h11-14H,5-10H2,1-2H3. The summed E-state index contributed by atoms with van der Waals surface area (Å²) in [7, 11) is 0. The molecule has 0 aromatic heterocycles. The molecule has 2 aliphatic carbocycles. The Labute approximate surface area is 120 Å². The molecule has 2 saturated carbocycles. The lowest BCUT2D eigenvalue weighted by Gasteiger charge is -2.47. The van der Waals surface area contributed by atoms with E-state index in [1.165, 1.54) is 4.90 Å². The van der Waals surface area contributed by atoms with Crippen molar-refractivity contribution in [1.82, 2.24) is 9.80 Å². The maximum Gasteiger partial charge on any atom is 0.328 e. The van der Waals surface area contributed by atoms with E-state index in [1.807, 2.05) is 4.90 Å². The predicted octanol–water partition coefficient (Wildman–Crippen LogP) is 2.24. The molecule has 108 valence electrons. The molecule has 4 nitrogen and oxygen atoms in total. The zero-order valence-corrected chi connectivity index (χ0v) is 12.3. The van der Waals surface area contributed by atoms with Crippen LogP contribution in [0.15, 0.2) is 0 Å². The number of hydrogen-bond acceptors (Lipinski definition) is 2. The fourth-order valence-electron chi connectivity index (χ4n) is 3.55. The molecular weight excluding hydrogens is 252 g/mol. The fourth-order valence-corrected chi connectivity index (χ4v) is 3.55. The van der Waals surface area contributed by atoms with Gasteiger partial charge in [-0.3, -0.25) is 9.69 Å². The van der Waals surface area contributed by atoms with Crippen molar-refractivity contribution in [2.24, 2.45) is 11.8 Å². The van der Waals surface area contributed by atoms with Crippen molar-refractivity contribution in [3.05, 3.63) is 0 Å². The third-order valence-electron chi connectivity index (χ3n) is 4.82. The van der Waals surface area contributed by atoms with Crippen molar-refractivity contribution in [2.45, 2.75) is 58.0 Å². The summed E-state index contributed by atoms with van der Waals surface area (Å²) in [6, 6.07) is 0.123. The average molecular weight is 274 g/mol. The van der Waals surface area contributed by atoms with E-state index in [0.717, 1.165) is 32.1 Å².